The largest absolute Gasteiger partial charge is 0.409 e. The van der Waals surface area contributed by atoms with Gasteiger partial charge in [0.05, 0.1) is 0 Å². The Morgan fingerprint density at radius 1 is 1.37 bits per heavy atom. The van der Waals surface area contributed by atoms with Crippen LogP contribution >= 0.6 is 0 Å². The zero-order valence-electron chi connectivity index (χ0n) is 12.1. The fourth-order valence-electron chi connectivity index (χ4n) is 2.12. The number of nitrogens with two attached hydrogens (primary N) is 1. The van der Waals surface area contributed by atoms with Crippen molar-refractivity contribution in [1.82, 2.24) is 0 Å². The highest BCUT2D eigenvalue weighted by Crippen LogP contribution is 2.24. The molecule has 0 bridgehead atoms. The van der Waals surface area contributed by atoms with Crippen molar-refractivity contribution in [1.29, 1.82) is 0 Å². The molecular weight excluding hydrogens is 238 g/mol. The molecule has 19 heavy (non-hydrogen) atoms. The first-order valence-electron chi connectivity index (χ1n) is 6.99. The van der Waals surface area contributed by atoms with Gasteiger partial charge in [-0.05, 0) is 31.9 Å². The van der Waals surface area contributed by atoms with Gasteiger partial charge in [0.1, 0.15) is 0 Å². The molecule has 106 valence electrons. The van der Waals surface area contributed by atoms with Crippen LogP contribution in [0.25, 0.3) is 0 Å². The minimum atomic E-state index is 0.167. The molecule has 0 spiro atoms. The van der Waals surface area contributed by atoms with E-state index in [4.69, 9.17) is 10.9 Å². The van der Waals surface area contributed by atoms with E-state index in [2.05, 4.69) is 30.8 Å². The highest BCUT2D eigenvalue weighted by atomic mass is 16.4. The number of oxime groups is 1. The Balaban J connectivity index is 3.14. The Hall–Kier alpha value is -1.71. The monoisotopic (exact) mass is 263 g/mol. The second-order valence-electron chi connectivity index (χ2n) is 4.81. The highest BCUT2D eigenvalue weighted by molar-refractivity contribution is 6.02. The van der Waals surface area contributed by atoms with Crippen molar-refractivity contribution in [3.05, 3.63) is 29.8 Å². The number of para-hydroxylation sites is 1. The van der Waals surface area contributed by atoms with E-state index >= 15 is 0 Å². The quantitative estimate of drug-likeness (QED) is 0.344. The molecular formula is C15H25N3O. The summed E-state index contributed by atoms with van der Waals surface area (Å²) in [7, 11) is 0. The normalized spacial score (nSPS) is 13.3. The average molecular weight is 263 g/mol. The number of amidine groups is 1. The number of benzene rings is 1. The zero-order valence-corrected chi connectivity index (χ0v) is 12.1. The molecule has 0 aliphatic rings. The summed E-state index contributed by atoms with van der Waals surface area (Å²) < 4.78 is 0. The molecule has 0 aliphatic heterocycles. The van der Waals surface area contributed by atoms with Gasteiger partial charge in [0.2, 0.25) is 0 Å². The highest BCUT2D eigenvalue weighted by Gasteiger charge is 2.17. The Morgan fingerprint density at radius 3 is 2.63 bits per heavy atom. The van der Waals surface area contributed by atoms with Gasteiger partial charge >= 0.3 is 0 Å². The second-order valence-corrected chi connectivity index (χ2v) is 4.81. The lowest BCUT2D eigenvalue weighted by Gasteiger charge is -2.32. The van der Waals surface area contributed by atoms with E-state index in [1.54, 1.807) is 0 Å². The Kier molecular flexibility index (Phi) is 6.19. The summed E-state index contributed by atoms with van der Waals surface area (Å²) >= 11 is 0. The predicted octanol–water partition coefficient (Wildman–Crippen LogP) is 3.19. The van der Waals surface area contributed by atoms with Crippen LogP contribution in [0.2, 0.25) is 0 Å². The summed E-state index contributed by atoms with van der Waals surface area (Å²) in [5, 5.41) is 12.0. The van der Waals surface area contributed by atoms with Crippen molar-refractivity contribution in [2.45, 2.75) is 46.1 Å². The van der Waals surface area contributed by atoms with E-state index in [9.17, 15) is 0 Å². The fraction of sp³-hybridized carbons (Fsp3) is 0.533. The van der Waals surface area contributed by atoms with Crippen LogP contribution in [0.15, 0.2) is 29.4 Å². The molecule has 0 amide bonds. The zero-order chi connectivity index (χ0) is 14.3. The number of unbranched alkanes of at least 4 members (excludes halogenated alkanes) is 1. The van der Waals surface area contributed by atoms with E-state index < -0.39 is 0 Å². The van der Waals surface area contributed by atoms with Crippen molar-refractivity contribution >= 4 is 11.5 Å². The lowest BCUT2D eigenvalue weighted by molar-refractivity contribution is 0.318. The predicted molar refractivity (Wildman–Crippen MR) is 81.0 cm³/mol. The maximum absolute atomic E-state index is 8.91. The average Bonchev–Trinajstić information content (AvgIpc) is 2.46. The van der Waals surface area contributed by atoms with Gasteiger partial charge in [-0.15, -0.1) is 0 Å². The molecule has 1 aromatic carbocycles. The molecule has 4 heteroatoms. The van der Waals surface area contributed by atoms with Crippen LogP contribution in [0.4, 0.5) is 5.69 Å². The second kappa shape index (κ2) is 7.67. The van der Waals surface area contributed by atoms with Gasteiger partial charge in [-0.3, -0.25) is 0 Å². The third-order valence-corrected chi connectivity index (χ3v) is 3.47. The summed E-state index contributed by atoms with van der Waals surface area (Å²) in [6, 6.07) is 8.26. The maximum Gasteiger partial charge on any atom is 0.172 e. The van der Waals surface area contributed by atoms with Gasteiger partial charge in [-0.1, -0.05) is 37.6 Å². The van der Waals surface area contributed by atoms with Gasteiger partial charge in [-0.25, -0.2) is 0 Å². The van der Waals surface area contributed by atoms with Crippen molar-refractivity contribution in [3.8, 4) is 0 Å². The minimum absolute atomic E-state index is 0.167. The number of nitrogens with zero attached hydrogens (tertiary/aromatic N) is 2. The molecule has 1 atom stereocenters. The lowest BCUT2D eigenvalue weighted by Crippen LogP contribution is -2.35. The molecule has 1 rings (SSSR count). The number of rotatable bonds is 7. The third kappa shape index (κ3) is 3.88. The lowest BCUT2D eigenvalue weighted by atomic mass is 10.1. The standard InChI is InChI=1S/C15H25N3O/c1-4-6-11-18(12(3)5-2)14-10-8-7-9-13(14)15(16)17-19/h7-10,12,19H,4-6,11H2,1-3H3,(H2,16,17). The SMILES string of the molecule is CCCCN(c1ccccc1/C(N)=N/O)C(C)CC. The summed E-state index contributed by atoms with van der Waals surface area (Å²) in [6.45, 7) is 7.56. The van der Waals surface area contributed by atoms with Crippen LogP contribution in [0.3, 0.4) is 0 Å². The fourth-order valence-corrected chi connectivity index (χ4v) is 2.12. The molecule has 0 aromatic heterocycles. The summed E-state index contributed by atoms with van der Waals surface area (Å²) in [4.78, 5) is 2.34. The van der Waals surface area contributed by atoms with Crippen LogP contribution in [0.5, 0.6) is 0 Å². The molecule has 0 radical (unpaired) electrons. The van der Waals surface area contributed by atoms with E-state index in [1.807, 2.05) is 24.3 Å². The van der Waals surface area contributed by atoms with Gasteiger partial charge in [0, 0.05) is 23.8 Å². The summed E-state index contributed by atoms with van der Waals surface area (Å²) in [5.74, 6) is 0.167. The number of anilines is 1. The first-order valence-corrected chi connectivity index (χ1v) is 6.99. The van der Waals surface area contributed by atoms with Crippen LogP contribution in [-0.4, -0.2) is 23.6 Å². The van der Waals surface area contributed by atoms with Crippen LogP contribution in [-0.2, 0) is 0 Å². The third-order valence-electron chi connectivity index (χ3n) is 3.47. The van der Waals surface area contributed by atoms with Crippen LogP contribution in [0, 0.1) is 0 Å². The van der Waals surface area contributed by atoms with Crippen molar-refractivity contribution in [2.24, 2.45) is 10.9 Å². The maximum atomic E-state index is 8.91. The van der Waals surface area contributed by atoms with E-state index in [-0.39, 0.29) is 5.84 Å². The molecule has 1 unspecified atom stereocenters. The Morgan fingerprint density at radius 2 is 2.05 bits per heavy atom. The van der Waals surface area contributed by atoms with Gasteiger partial charge in [-0.2, -0.15) is 0 Å². The number of hydrogen-bond donors (Lipinski definition) is 2. The molecule has 0 aliphatic carbocycles. The molecule has 4 nitrogen and oxygen atoms in total. The van der Waals surface area contributed by atoms with Crippen molar-refractivity contribution < 1.29 is 5.21 Å². The Bertz CT molecular complexity index is 418. The molecule has 0 heterocycles. The molecule has 0 saturated carbocycles. The topological polar surface area (TPSA) is 61.8 Å². The van der Waals surface area contributed by atoms with Crippen molar-refractivity contribution in [3.63, 3.8) is 0 Å². The van der Waals surface area contributed by atoms with Gasteiger partial charge in [0.15, 0.2) is 5.84 Å². The summed E-state index contributed by atoms with van der Waals surface area (Å²) in [6.07, 6.45) is 3.35. The van der Waals surface area contributed by atoms with Crippen LogP contribution in [0.1, 0.15) is 45.6 Å². The first kappa shape index (κ1) is 15.3. The molecule has 1 aromatic rings. The van der Waals surface area contributed by atoms with Crippen LogP contribution < -0.4 is 10.6 Å². The molecule has 0 fully saturated rings. The summed E-state index contributed by atoms with van der Waals surface area (Å²) in [5.41, 5.74) is 7.61. The van der Waals surface area contributed by atoms with E-state index in [1.165, 1.54) is 0 Å². The smallest absolute Gasteiger partial charge is 0.172 e. The van der Waals surface area contributed by atoms with E-state index in [0.717, 1.165) is 37.1 Å². The minimum Gasteiger partial charge on any atom is -0.409 e. The van der Waals surface area contributed by atoms with Gasteiger partial charge in [0.25, 0.3) is 0 Å². The number of hydrogen-bond acceptors (Lipinski definition) is 3. The van der Waals surface area contributed by atoms with Gasteiger partial charge < -0.3 is 15.8 Å². The molecule has 0 saturated heterocycles. The van der Waals surface area contributed by atoms with E-state index in [0.29, 0.717) is 6.04 Å². The Labute approximate surface area is 115 Å². The molecule has 3 N–H and O–H groups in total. The first-order chi connectivity index (χ1) is 9.15. The van der Waals surface area contributed by atoms with Crippen molar-refractivity contribution in [2.75, 3.05) is 11.4 Å².